The maximum atomic E-state index is 12.6. The molecule has 2 N–H and O–H groups in total. The van der Waals surface area contributed by atoms with Crippen LogP contribution in [0, 0.1) is 5.92 Å². The second kappa shape index (κ2) is 10.9. The molecule has 164 valence electrons. The van der Waals surface area contributed by atoms with E-state index in [-0.39, 0.29) is 30.2 Å². The van der Waals surface area contributed by atoms with Gasteiger partial charge in [-0.3, -0.25) is 14.4 Å². The van der Waals surface area contributed by atoms with Crippen LogP contribution in [0.2, 0.25) is 0 Å². The number of nitrogens with zero attached hydrogens (tertiary/aromatic N) is 1. The average Bonchev–Trinajstić information content (AvgIpc) is 2.79. The van der Waals surface area contributed by atoms with Gasteiger partial charge in [0, 0.05) is 34.7 Å². The molecule has 2 aromatic rings. The number of benzene rings is 2. The molecule has 7 nitrogen and oxygen atoms in total. The lowest BCUT2D eigenvalue weighted by molar-refractivity contribution is -0.128. The van der Waals surface area contributed by atoms with Gasteiger partial charge in [0.2, 0.25) is 11.8 Å². The quantitative estimate of drug-likeness (QED) is 0.625. The zero-order valence-electron chi connectivity index (χ0n) is 17.4. The van der Waals surface area contributed by atoms with E-state index in [1.807, 2.05) is 19.1 Å². The third-order valence-electron chi connectivity index (χ3n) is 5.12. The maximum Gasteiger partial charge on any atom is 0.253 e. The van der Waals surface area contributed by atoms with Gasteiger partial charge in [0.25, 0.3) is 5.91 Å². The number of rotatable bonds is 7. The predicted octanol–water partition coefficient (Wildman–Crippen LogP) is 3.45. The van der Waals surface area contributed by atoms with Crippen molar-refractivity contribution in [1.82, 2.24) is 10.2 Å². The molecule has 2 aromatic carbocycles. The third kappa shape index (κ3) is 6.55. The van der Waals surface area contributed by atoms with Crippen LogP contribution in [0.15, 0.2) is 53.0 Å². The number of amides is 3. The summed E-state index contributed by atoms with van der Waals surface area (Å²) in [4.78, 5) is 38.9. The summed E-state index contributed by atoms with van der Waals surface area (Å²) in [5, 5.41) is 5.45. The Morgan fingerprint density at radius 2 is 1.68 bits per heavy atom. The number of anilines is 1. The predicted molar refractivity (Wildman–Crippen MR) is 122 cm³/mol. The highest BCUT2D eigenvalue weighted by Gasteiger charge is 2.28. The van der Waals surface area contributed by atoms with Gasteiger partial charge in [0.1, 0.15) is 5.75 Å². The van der Waals surface area contributed by atoms with Gasteiger partial charge in [0.15, 0.2) is 0 Å². The van der Waals surface area contributed by atoms with Crippen molar-refractivity contribution in [3.8, 4) is 5.75 Å². The Hall–Kier alpha value is -2.87. The molecule has 0 aromatic heterocycles. The number of likely N-dealkylation sites (tertiary alicyclic amines) is 1. The minimum atomic E-state index is -0.291. The Bertz CT molecular complexity index is 907. The lowest BCUT2D eigenvalue weighted by atomic mass is 9.95. The van der Waals surface area contributed by atoms with Crippen molar-refractivity contribution in [3.05, 3.63) is 58.6 Å². The van der Waals surface area contributed by atoms with E-state index in [0.29, 0.717) is 43.8 Å². The molecule has 3 rings (SSSR count). The molecule has 1 saturated heterocycles. The molecule has 1 fully saturated rings. The van der Waals surface area contributed by atoms with Crippen LogP contribution in [0.25, 0.3) is 0 Å². The molecule has 0 aliphatic carbocycles. The Morgan fingerprint density at radius 3 is 2.29 bits per heavy atom. The fourth-order valence-electron chi connectivity index (χ4n) is 3.44. The summed E-state index contributed by atoms with van der Waals surface area (Å²) in [6.45, 7) is 3.43. The Morgan fingerprint density at radius 1 is 1.03 bits per heavy atom. The third-order valence-corrected chi connectivity index (χ3v) is 5.65. The lowest BCUT2D eigenvalue weighted by Gasteiger charge is -2.31. The van der Waals surface area contributed by atoms with Gasteiger partial charge >= 0.3 is 0 Å². The van der Waals surface area contributed by atoms with Gasteiger partial charge in [-0.15, -0.1) is 0 Å². The second-order valence-corrected chi connectivity index (χ2v) is 8.21. The Balaban J connectivity index is 1.40. The first-order valence-corrected chi connectivity index (χ1v) is 11.1. The number of carbonyl (C=O) groups is 3. The summed E-state index contributed by atoms with van der Waals surface area (Å²) in [6, 6.07) is 14.3. The zero-order valence-corrected chi connectivity index (χ0v) is 19.0. The number of hydrogen-bond acceptors (Lipinski definition) is 4. The van der Waals surface area contributed by atoms with Gasteiger partial charge in [-0.25, -0.2) is 0 Å². The van der Waals surface area contributed by atoms with Crippen molar-refractivity contribution in [2.24, 2.45) is 5.92 Å². The van der Waals surface area contributed by atoms with E-state index in [9.17, 15) is 14.4 Å². The topological polar surface area (TPSA) is 87.7 Å². The minimum absolute atomic E-state index is 0.0268. The molecule has 0 atom stereocenters. The van der Waals surface area contributed by atoms with Crippen LogP contribution in [0.3, 0.4) is 0 Å². The molecule has 1 aliphatic heterocycles. The molecule has 0 radical (unpaired) electrons. The van der Waals surface area contributed by atoms with Crippen molar-refractivity contribution in [3.63, 3.8) is 0 Å². The van der Waals surface area contributed by atoms with Gasteiger partial charge in [-0.1, -0.05) is 15.9 Å². The number of halogens is 1. The highest BCUT2D eigenvalue weighted by atomic mass is 79.9. The first-order chi connectivity index (χ1) is 15.0. The van der Waals surface area contributed by atoms with E-state index in [0.717, 1.165) is 10.2 Å². The Labute approximate surface area is 190 Å². The Kier molecular flexibility index (Phi) is 8.06. The summed E-state index contributed by atoms with van der Waals surface area (Å²) < 4.78 is 6.29. The summed E-state index contributed by atoms with van der Waals surface area (Å²) in [5.41, 5.74) is 1.28. The van der Waals surface area contributed by atoms with Crippen LogP contribution in [0.4, 0.5) is 5.69 Å². The second-order valence-electron chi connectivity index (χ2n) is 7.30. The minimum Gasteiger partial charge on any atom is -0.494 e. The van der Waals surface area contributed by atoms with Crippen LogP contribution < -0.4 is 15.4 Å². The fraction of sp³-hybridized carbons (Fsp3) is 0.348. The number of piperidine rings is 1. The number of ether oxygens (including phenoxy) is 1. The summed E-state index contributed by atoms with van der Waals surface area (Å²) >= 11 is 3.36. The standard InChI is InChI=1S/C23H26BrN3O4/c1-2-31-20-9-7-19(8-10-20)26-21(28)15-25-22(29)16-11-13-27(14-12-16)23(30)17-3-5-18(24)6-4-17/h3-10,16H,2,11-15H2,1H3,(H,25,29)(H,26,28). The number of hydrogen-bond donors (Lipinski definition) is 2. The van der Waals surface area contributed by atoms with Crippen LogP contribution in [0.1, 0.15) is 30.1 Å². The smallest absolute Gasteiger partial charge is 0.253 e. The molecular formula is C23H26BrN3O4. The van der Waals surface area contributed by atoms with E-state index in [1.54, 1.807) is 41.3 Å². The summed E-state index contributed by atoms with van der Waals surface area (Å²) in [6.07, 6.45) is 1.16. The average molecular weight is 488 g/mol. The number of nitrogens with one attached hydrogen (secondary N) is 2. The normalized spacial score (nSPS) is 14.1. The SMILES string of the molecule is CCOc1ccc(NC(=O)CNC(=O)C2CCN(C(=O)c3ccc(Br)cc3)CC2)cc1. The molecule has 0 saturated carbocycles. The molecular weight excluding hydrogens is 462 g/mol. The molecule has 8 heteroatoms. The first-order valence-electron chi connectivity index (χ1n) is 10.3. The monoisotopic (exact) mass is 487 g/mol. The van der Waals surface area contributed by atoms with Crippen LogP contribution in [-0.2, 0) is 9.59 Å². The van der Waals surface area contributed by atoms with Crippen molar-refractivity contribution in [2.45, 2.75) is 19.8 Å². The van der Waals surface area contributed by atoms with E-state index >= 15 is 0 Å². The van der Waals surface area contributed by atoms with Gasteiger partial charge < -0.3 is 20.3 Å². The van der Waals surface area contributed by atoms with Crippen LogP contribution >= 0.6 is 15.9 Å². The molecule has 3 amide bonds. The molecule has 0 bridgehead atoms. The molecule has 1 aliphatic rings. The van der Waals surface area contributed by atoms with E-state index in [1.165, 1.54) is 0 Å². The van der Waals surface area contributed by atoms with Gasteiger partial charge in [-0.05, 0) is 68.3 Å². The summed E-state index contributed by atoms with van der Waals surface area (Å²) in [7, 11) is 0. The van der Waals surface area contributed by atoms with E-state index < -0.39 is 0 Å². The van der Waals surface area contributed by atoms with E-state index in [4.69, 9.17) is 4.74 Å². The molecule has 0 spiro atoms. The van der Waals surface area contributed by atoms with E-state index in [2.05, 4.69) is 26.6 Å². The fourth-order valence-corrected chi connectivity index (χ4v) is 3.70. The highest BCUT2D eigenvalue weighted by molar-refractivity contribution is 9.10. The maximum absolute atomic E-state index is 12.6. The largest absolute Gasteiger partial charge is 0.494 e. The van der Waals surface area contributed by atoms with Crippen molar-refractivity contribution in [1.29, 1.82) is 0 Å². The first kappa shape index (κ1) is 22.8. The zero-order chi connectivity index (χ0) is 22.2. The van der Waals surface area contributed by atoms with Crippen molar-refractivity contribution >= 4 is 39.3 Å². The van der Waals surface area contributed by atoms with Crippen LogP contribution in [0.5, 0.6) is 5.75 Å². The molecule has 1 heterocycles. The van der Waals surface area contributed by atoms with Crippen LogP contribution in [-0.4, -0.2) is 48.9 Å². The molecule has 31 heavy (non-hydrogen) atoms. The highest BCUT2D eigenvalue weighted by Crippen LogP contribution is 2.20. The van der Waals surface area contributed by atoms with Gasteiger partial charge in [0.05, 0.1) is 13.2 Å². The van der Waals surface area contributed by atoms with Gasteiger partial charge in [-0.2, -0.15) is 0 Å². The number of carbonyl (C=O) groups excluding carboxylic acids is 3. The summed E-state index contributed by atoms with van der Waals surface area (Å²) in [5.74, 6) is 0.0602. The van der Waals surface area contributed by atoms with Crippen molar-refractivity contribution in [2.75, 3.05) is 31.6 Å². The lowest BCUT2D eigenvalue weighted by Crippen LogP contribution is -2.44. The van der Waals surface area contributed by atoms with Crippen molar-refractivity contribution < 1.29 is 19.1 Å². The molecule has 0 unspecified atom stereocenters.